The summed E-state index contributed by atoms with van der Waals surface area (Å²) in [6, 6.07) is 12.7. The van der Waals surface area contributed by atoms with Crippen LogP contribution >= 0.6 is 0 Å². The number of hydrogen-bond acceptors (Lipinski definition) is 2. The fourth-order valence-corrected chi connectivity index (χ4v) is 3.00. The van der Waals surface area contributed by atoms with Crippen molar-refractivity contribution in [3.05, 3.63) is 35.9 Å². The molecule has 1 aliphatic rings. The normalized spacial score (nSPS) is 16.9. The van der Waals surface area contributed by atoms with Gasteiger partial charge in [0.05, 0.1) is 6.07 Å². The average Bonchev–Trinajstić information content (AvgIpc) is 2.59. The molecule has 4 nitrogen and oxygen atoms in total. The minimum atomic E-state index is 0.0140. The third-order valence-electron chi connectivity index (χ3n) is 4.76. The molecular formula is C19H27N3O. The molecule has 0 unspecified atom stereocenters. The van der Waals surface area contributed by atoms with Gasteiger partial charge >= 0.3 is 6.03 Å². The van der Waals surface area contributed by atoms with E-state index in [-0.39, 0.29) is 11.9 Å². The van der Waals surface area contributed by atoms with Crippen LogP contribution in [0.25, 0.3) is 0 Å². The number of benzene rings is 1. The maximum absolute atomic E-state index is 12.3. The summed E-state index contributed by atoms with van der Waals surface area (Å²) < 4.78 is 0. The second-order valence-corrected chi connectivity index (χ2v) is 6.77. The number of nitriles is 1. The highest BCUT2D eigenvalue weighted by atomic mass is 16.2. The summed E-state index contributed by atoms with van der Waals surface area (Å²) in [6.45, 7) is 6.49. The standard InChI is InChI=1S/C19H27N3O/c1-15(2)18(12-16-6-4-3-5-7-16)14-21-19(23)22-10-8-17(13-20)9-11-22/h3-7,15,17-18H,8-12,14H2,1-2H3,(H,21,23)/t18-/m0/s1. The lowest BCUT2D eigenvalue weighted by molar-refractivity contribution is 0.176. The molecule has 1 N–H and O–H groups in total. The van der Waals surface area contributed by atoms with E-state index in [1.165, 1.54) is 5.56 Å². The zero-order valence-corrected chi connectivity index (χ0v) is 14.2. The number of carbonyl (C=O) groups excluding carboxylic acids is 1. The third-order valence-corrected chi connectivity index (χ3v) is 4.76. The van der Waals surface area contributed by atoms with Gasteiger partial charge in [-0.15, -0.1) is 0 Å². The monoisotopic (exact) mass is 313 g/mol. The first kappa shape index (κ1) is 17.3. The van der Waals surface area contributed by atoms with Crippen LogP contribution in [-0.2, 0) is 6.42 Å². The number of urea groups is 1. The molecule has 1 aliphatic heterocycles. The Bertz CT molecular complexity index is 527. The van der Waals surface area contributed by atoms with Gasteiger partial charge in [0, 0.05) is 25.6 Å². The second-order valence-electron chi connectivity index (χ2n) is 6.77. The van der Waals surface area contributed by atoms with Crippen LogP contribution in [0.3, 0.4) is 0 Å². The number of hydrogen-bond donors (Lipinski definition) is 1. The molecule has 23 heavy (non-hydrogen) atoms. The van der Waals surface area contributed by atoms with Crippen molar-refractivity contribution in [1.82, 2.24) is 10.2 Å². The summed E-state index contributed by atoms with van der Waals surface area (Å²) in [6.07, 6.45) is 2.57. The van der Waals surface area contributed by atoms with E-state index in [9.17, 15) is 4.79 Å². The number of nitrogens with zero attached hydrogens (tertiary/aromatic N) is 2. The molecule has 1 fully saturated rings. The van der Waals surface area contributed by atoms with E-state index in [4.69, 9.17) is 5.26 Å². The SMILES string of the molecule is CC(C)[C@H](CNC(=O)N1CCC(C#N)CC1)Cc1ccccc1. The van der Waals surface area contributed by atoms with Gasteiger partial charge in [0.15, 0.2) is 0 Å². The van der Waals surface area contributed by atoms with Crippen LogP contribution in [0.1, 0.15) is 32.3 Å². The predicted octanol–water partition coefficient (Wildman–Crippen LogP) is 3.45. The first-order valence-corrected chi connectivity index (χ1v) is 8.56. The Hall–Kier alpha value is -2.02. The maximum atomic E-state index is 12.3. The van der Waals surface area contributed by atoms with Crippen LogP contribution < -0.4 is 5.32 Å². The van der Waals surface area contributed by atoms with Gasteiger partial charge in [0.1, 0.15) is 0 Å². The summed E-state index contributed by atoms with van der Waals surface area (Å²) in [5.74, 6) is 1.05. The molecule has 124 valence electrons. The van der Waals surface area contributed by atoms with Crippen molar-refractivity contribution < 1.29 is 4.79 Å². The number of carbonyl (C=O) groups is 1. The Labute approximate surface area is 139 Å². The predicted molar refractivity (Wildman–Crippen MR) is 91.8 cm³/mol. The van der Waals surface area contributed by atoms with Crippen molar-refractivity contribution >= 4 is 6.03 Å². The summed E-state index contributed by atoms with van der Waals surface area (Å²) in [5, 5.41) is 12.0. The molecule has 0 aliphatic carbocycles. The molecule has 0 aromatic heterocycles. The van der Waals surface area contributed by atoms with Crippen molar-refractivity contribution in [2.45, 2.75) is 33.1 Å². The van der Waals surface area contributed by atoms with Crippen molar-refractivity contribution in [3.8, 4) is 6.07 Å². The quantitative estimate of drug-likeness (QED) is 0.905. The van der Waals surface area contributed by atoms with Crippen LogP contribution in [0, 0.1) is 29.1 Å². The average molecular weight is 313 g/mol. The van der Waals surface area contributed by atoms with Crippen LogP contribution in [0.2, 0.25) is 0 Å². The number of rotatable bonds is 5. The van der Waals surface area contributed by atoms with Crippen molar-refractivity contribution in [2.24, 2.45) is 17.8 Å². The third kappa shape index (κ3) is 5.28. The summed E-state index contributed by atoms with van der Waals surface area (Å²) in [5.41, 5.74) is 1.32. The largest absolute Gasteiger partial charge is 0.338 e. The molecule has 1 saturated heterocycles. The molecule has 1 heterocycles. The highest BCUT2D eigenvalue weighted by Crippen LogP contribution is 2.18. The molecule has 0 bridgehead atoms. The van der Waals surface area contributed by atoms with Gasteiger partial charge < -0.3 is 10.2 Å². The van der Waals surface area contributed by atoms with E-state index >= 15 is 0 Å². The van der Waals surface area contributed by atoms with E-state index < -0.39 is 0 Å². The van der Waals surface area contributed by atoms with Crippen molar-refractivity contribution in [1.29, 1.82) is 5.26 Å². The molecule has 0 spiro atoms. The van der Waals surface area contributed by atoms with Crippen LogP contribution in [0.5, 0.6) is 0 Å². The fourth-order valence-electron chi connectivity index (χ4n) is 3.00. The highest BCUT2D eigenvalue weighted by Gasteiger charge is 2.23. The lowest BCUT2D eigenvalue weighted by Crippen LogP contribution is -2.46. The Kier molecular flexibility index (Phi) is 6.46. The van der Waals surface area contributed by atoms with Crippen molar-refractivity contribution in [3.63, 3.8) is 0 Å². The van der Waals surface area contributed by atoms with Gasteiger partial charge in [-0.2, -0.15) is 5.26 Å². The Morgan fingerprint density at radius 1 is 1.30 bits per heavy atom. The molecule has 4 heteroatoms. The molecule has 0 radical (unpaired) electrons. The molecule has 0 saturated carbocycles. The number of amides is 2. The van der Waals surface area contributed by atoms with Crippen molar-refractivity contribution in [2.75, 3.05) is 19.6 Å². The van der Waals surface area contributed by atoms with Crippen LogP contribution in [-0.4, -0.2) is 30.6 Å². The summed E-state index contributed by atoms with van der Waals surface area (Å²) >= 11 is 0. The van der Waals surface area contributed by atoms with E-state index in [0.717, 1.165) is 19.3 Å². The van der Waals surface area contributed by atoms with Gasteiger partial charge in [-0.25, -0.2) is 4.79 Å². The minimum absolute atomic E-state index is 0.0140. The fraction of sp³-hybridized carbons (Fsp3) is 0.579. The lowest BCUT2D eigenvalue weighted by atomic mass is 9.89. The Balaban J connectivity index is 1.82. The molecular weight excluding hydrogens is 286 g/mol. The van der Waals surface area contributed by atoms with Crippen LogP contribution in [0.15, 0.2) is 30.3 Å². The Morgan fingerprint density at radius 3 is 2.52 bits per heavy atom. The van der Waals surface area contributed by atoms with Gasteiger partial charge in [-0.3, -0.25) is 0 Å². The second kappa shape index (κ2) is 8.57. The smallest absolute Gasteiger partial charge is 0.317 e. The summed E-state index contributed by atoms with van der Waals surface area (Å²) in [4.78, 5) is 14.1. The van der Waals surface area contributed by atoms with Gasteiger partial charge in [-0.05, 0) is 36.7 Å². The van der Waals surface area contributed by atoms with E-state index in [0.29, 0.717) is 31.5 Å². The van der Waals surface area contributed by atoms with E-state index in [1.54, 1.807) is 0 Å². The molecule has 1 aromatic carbocycles. The topological polar surface area (TPSA) is 56.1 Å². The lowest BCUT2D eigenvalue weighted by Gasteiger charge is -2.30. The van der Waals surface area contributed by atoms with E-state index in [2.05, 4.69) is 49.5 Å². The Morgan fingerprint density at radius 2 is 1.96 bits per heavy atom. The minimum Gasteiger partial charge on any atom is -0.338 e. The maximum Gasteiger partial charge on any atom is 0.317 e. The zero-order chi connectivity index (χ0) is 16.7. The van der Waals surface area contributed by atoms with Gasteiger partial charge in [0.25, 0.3) is 0 Å². The molecule has 1 atom stereocenters. The highest BCUT2D eigenvalue weighted by molar-refractivity contribution is 5.74. The molecule has 2 rings (SSSR count). The van der Waals surface area contributed by atoms with E-state index in [1.807, 2.05) is 11.0 Å². The summed E-state index contributed by atoms with van der Waals surface area (Å²) in [7, 11) is 0. The number of nitrogens with one attached hydrogen (secondary N) is 1. The first-order chi connectivity index (χ1) is 11.1. The number of likely N-dealkylation sites (tertiary alicyclic amines) is 1. The van der Waals surface area contributed by atoms with Gasteiger partial charge in [0.2, 0.25) is 0 Å². The van der Waals surface area contributed by atoms with Crippen LogP contribution in [0.4, 0.5) is 4.79 Å². The van der Waals surface area contributed by atoms with Gasteiger partial charge in [-0.1, -0.05) is 44.2 Å². The number of piperidine rings is 1. The first-order valence-electron chi connectivity index (χ1n) is 8.56. The molecule has 1 aromatic rings. The molecule has 2 amide bonds. The zero-order valence-electron chi connectivity index (χ0n) is 14.2.